The zero-order valence-electron chi connectivity index (χ0n) is 18.8. The SMILES string of the molecule is Cc1cc(C)c(N2CC(c3nc(-c4ccc(OCC(C)C)cc4)no3)CC2=O)c(C)c1. The molecule has 0 saturated carbocycles. The van der Waals surface area contributed by atoms with E-state index in [1.807, 2.05) is 29.2 Å². The minimum absolute atomic E-state index is 0.0893. The van der Waals surface area contributed by atoms with Crippen LogP contribution in [0, 0.1) is 26.7 Å². The summed E-state index contributed by atoms with van der Waals surface area (Å²) in [5.74, 6) is 2.31. The molecule has 0 bridgehead atoms. The van der Waals surface area contributed by atoms with Crippen LogP contribution in [0.4, 0.5) is 5.69 Å². The van der Waals surface area contributed by atoms with E-state index in [1.165, 1.54) is 5.56 Å². The van der Waals surface area contributed by atoms with Crippen LogP contribution in [0.5, 0.6) is 5.75 Å². The number of amides is 1. The summed E-state index contributed by atoms with van der Waals surface area (Å²) in [7, 11) is 0. The van der Waals surface area contributed by atoms with Crippen LogP contribution < -0.4 is 9.64 Å². The molecule has 0 aliphatic carbocycles. The first-order valence-corrected chi connectivity index (χ1v) is 10.8. The number of ether oxygens (including phenoxy) is 1. The molecule has 2 aromatic carbocycles. The van der Waals surface area contributed by atoms with E-state index in [2.05, 4.69) is 56.9 Å². The molecule has 31 heavy (non-hydrogen) atoms. The van der Waals surface area contributed by atoms with Crippen molar-refractivity contribution in [3.63, 3.8) is 0 Å². The summed E-state index contributed by atoms with van der Waals surface area (Å²) in [5, 5.41) is 4.15. The number of hydrogen-bond acceptors (Lipinski definition) is 5. The maximum atomic E-state index is 12.8. The average molecular weight is 420 g/mol. The largest absolute Gasteiger partial charge is 0.493 e. The van der Waals surface area contributed by atoms with Crippen LogP contribution in [0.2, 0.25) is 0 Å². The first-order valence-electron chi connectivity index (χ1n) is 10.8. The van der Waals surface area contributed by atoms with E-state index in [0.29, 0.717) is 37.2 Å². The second-order valence-corrected chi connectivity index (χ2v) is 8.84. The van der Waals surface area contributed by atoms with E-state index in [9.17, 15) is 4.79 Å². The third kappa shape index (κ3) is 4.48. The van der Waals surface area contributed by atoms with E-state index >= 15 is 0 Å². The Kier molecular flexibility index (Phi) is 5.81. The molecule has 1 unspecified atom stereocenters. The number of hydrogen-bond donors (Lipinski definition) is 0. The maximum absolute atomic E-state index is 12.8. The van der Waals surface area contributed by atoms with Gasteiger partial charge in [-0.1, -0.05) is 36.7 Å². The third-order valence-corrected chi connectivity index (χ3v) is 5.52. The summed E-state index contributed by atoms with van der Waals surface area (Å²) in [5.41, 5.74) is 5.27. The number of carbonyl (C=O) groups excluding carboxylic acids is 1. The lowest BCUT2D eigenvalue weighted by Gasteiger charge is -2.21. The average Bonchev–Trinajstić information content (AvgIpc) is 3.34. The van der Waals surface area contributed by atoms with Gasteiger partial charge in [-0.3, -0.25) is 4.79 Å². The number of benzene rings is 2. The highest BCUT2D eigenvalue weighted by molar-refractivity contribution is 5.97. The lowest BCUT2D eigenvalue weighted by molar-refractivity contribution is -0.117. The molecule has 4 rings (SSSR count). The van der Waals surface area contributed by atoms with Crippen molar-refractivity contribution < 1.29 is 14.1 Å². The topological polar surface area (TPSA) is 68.5 Å². The molecule has 0 spiro atoms. The Morgan fingerprint density at radius 1 is 1.13 bits per heavy atom. The van der Waals surface area contributed by atoms with E-state index in [4.69, 9.17) is 9.26 Å². The summed E-state index contributed by atoms with van der Waals surface area (Å²) in [4.78, 5) is 19.2. The first-order chi connectivity index (χ1) is 14.8. The van der Waals surface area contributed by atoms with Crippen molar-refractivity contribution in [1.29, 1.82) is 0 Å². The van der Waals surface area contributed by atoms with Gasteiger partial charge in [-0.2, -0.15) is 4.98 Å². The Hall–Kier alpha value is -3.15. The van der Waals surface area contributed by atoms with Crippen molar-refractivity contribution in [2.75, 3.05) is 18.1 Å². The number of rotatable bonds is 6. The lowest BCUT2D eigenvalue weighted by Crippen LogP contribution is -2.26. The Morgan fingerprint density at radius 2 is 1.81 bits per heavy atom. The molecule has 0 radical (unpaired) electrons. The smallest absolute Gasteiger partial charge is 0.232 e. The van der Waals surface area contributed by atoms with Gasteiger partial charge >= 0.3 is 0 Å². The first kappa shape index (κ1) is 21.1. The summed E-state index contributed by atoms with van der Waals surface area (Å²) < 4.78 is 11.3. The molecule has 1 aliphatic heterocycles. The minimum atomic E-state index is -0.109. The number of nitrogens with zero attached hydrogens (tertiary/aromatic N) is 3. The molecule has 1 aromatic heterocycles. The molecule has 1 saturated heterocycles. The fourth-order valence-corrected chi connectivity index (χ4v) is 4.17. The Morgan fingerprint density at radius 3 is 2.45 bits per heavy atom. The fraction of sp³-hybridized carbons (Fsp3) is 0.400. The number of aromatic nitrogens is 2. The van der Waals surface area contributed by atoms with Crippen molar-refractivity contribution in [3.05, 3.63) is 59.0 Å². The van der Waals surface area contributed by atoms with Crippen LogP contribution in [0.15, 0.2) is 40.9 Å². The van der Waals surface area contributed by atoms with Gasteiger partial charge < -0.3 is 14.2 Å². The van der Waals surface area contributed by atoms with E-state index in [0.717, 1.165) is 28.1 Å². The number of carbonyl (C=O) groups is 1. The standard InChI is InChI=1S/C25H29N3O3/c1-15(2)14-30-21-8-6-19(7-9-21)24-26-25(31-27-24)20-12-22(29)28(13-20)23-17(4)10-16(3)11-18(23)5/h6-11,15,20H,12-14H2,1-5H3. The summed E-state index contributed by atoms with van der Waals surface area (Å²) in [6.45, 7) is 11.6. The van der Waals surface area contributed by atoms with Crippen molar-refractivity contribution in [3.8, 4) is 17.1 Å². The van der Waals surface area contributed by atoms with Crippen LogP contribution in [0.1, 0.15) is 48.8 Å². The van der Waals surface area contributed by atoms with Gasteiger partial charge in [0.1, 0.15) is 5.75 Å². The van der Waals surface area contributed by atoms with Gasteiger partial charge in [-0.15, -0.1) is 0 Å². The lowest BCUT2D eigenvalue weighted by atomic mass is 10.0. The molecule has 1 fully saturated rings. The van der Waals surface area contributed by atoms with Crippen LogP contribution in [-0.2, 0) is 4.79 Å². The molecule has 6 heteroatoms. The van der Waals surface area contributed by atoms with Crippen molar-refractivity contribution in [2.24, 2.45) is 5.92 Å². The van der Waals surface area contributed by atoms with Gasteiger partial charge in [0, 0.05) is 24.2 Å². The molecule has 1 aliphatic rings. The molecule has 0 N–H and O–H groups in total. The molecule has 1 amide bonds. The summed E-state index contributed by atoms with van der Waals surface area (Å²) in [6, 6.07) is 11.9. The zero-order valence-corrected chi connectivity index (χ0v) is 18.8. The summed E-state index contributed by atoms with van der Waals surface area (Å²) >= 11 is 0. The number of aryl methyl sites for hydroxylation is 3. The van der Waals surface area contributed by atoms with Gasteiger partial charge in [-0.05, 0) is 62.1 Å². The highest BCUT2D eigenvalue weighted by Gasteiger charge is 2.36. The third-order valence-electron chi connectivity index (χ3n) is 5.52. The molecular formula is C25H29N3O3. The zero-order chi connectivity index (χ0) is 22.1. The Labute approximate surface area is 183 Å². The highest BCUT2D eigenvalue weighted by Crippen LogP contribution is 2.35. The van der Waals surface area contributed by atoms with Crippen LogP contribution in [-0.4, -0.2) is 29.2 Å². The molecule has 162 valence electrons. The van der Waals surface area contributed by atoms with Gasteiger partial charge in [0.15, 0.2) is 0 Å². The normalized spacial score (nSPS) is 16.4. The number of anilines is 1. The minimum Gasteiger partial charge on any atom is -0.493 e. The molecule has 6 nitrogen and oxygen atoms in total. The second kappa shape index (κ2) is 8.53. The summed E-state index contributed by atoms with van der Waals surface area (Å²) in [6.07, 6.45) is 0.371. The molecular weight excluding hydrogens is 390 g/mol. The van der Waals surface area contributed by atoms with E-state index < -0.39 is 0 Å². The van der Waals surface area contributed by atoms with Gasteiger partial charge in [0.2, 0.25) is 17.6 Å². The van der Waals surface area contributed by atoms with E-state index in [1.54, 1.807) is 0 Å². The Bertz CT molecular complexity index is 1060. The fourth-order valence-electron chi connectivity index (χ4n) is 4.17. The van der Waals surface area contributed by atoms with Crippen molar-refractivity contribution in [1.82, 2.24) is 10.1 Å². The van der Waals surface area contributed by atoms with Crippen LogP contribution in [0.25, 0.3) is 11.4 Å². The molecule has 1 atom stereocenters. The van der Waals surface area contributed by atoms with Gasteiger partial charge in [0.05, 0.1) is 12.5 Å². The van der Waals surface area contributed by atoms with E-state index in [-0.39, 0.29) is 11.8 Å². The van der Waals surface area contributed by atoms with Crippen molar-refractivity contribution >= 4 is 11.6 Å². The second-order valence-electron chi connectivity index (χ2n) is 8.84. The maximum Gasteiger partial charge on any atom is 0.232 e. The van der Waals surface area contributed by atoms with Crippen molar-refractivity contribution in [2.45, 2.75) is 47.0 Å². The predicted octanol–water partition coefficient (Wildman–Crippen LogP) is 5.22. The van der Waals surface area contributed by atoms with Gasteiger partial charge in [0.25, 0.3) is 0 Å². The monoisotopic (exact) mass is 419 g/mol. The quantitative estimate of drug-likeness (QED) is 0.548. The van der Waals surface area contributed by atoms with Crippen LogP contribution in [0.3, 0.4) is 0 Å². The molecule has 2 heterocycles. The Balaban J connectivity index is 1.49. The van der Waals surface area contributed by atoms with Gasteiger partial charge in [-0.25, -0.2) is 0 Å². The predicted molar refractivity (Wildman–Crippen MR) is 120 cm³/mol. The molecule has 3 aromatic rings. The van der Waals surface area contributed by atoms with Crippen LogP contribution >= 0.6 is 0 Å². The highest BCUT2D eigenvalue weighted by atomic mass is 16.5.